The maximum atomic E-state index is 14.1. The second kappa shape index (κ2) is 11.0. The van der Waals surface area contributed by atoms with Gasteiger partial charge in [0.25, 0.3) is 17.5 Å². The van der Waals surface area contributed by atoms with Gasteiger partial charge in [0.1, 0.15) is 11.3 Å². The van der Waals surface area contributed by atoms with Crippen LogP contribution in [0.2, 0.25) is 25.7 Å². The van der Waals surface area contributed by atoms with Gasteiger partial charge in [-0.2, -0.15) is 9.97 Å². The van der Waals surface area contributed by atoms with Crippen LogP contribution in [0.1, 0.15) is 10.4 Å². The molecule has 1 aromatic heterocycles. The van der Waals surface area contributed by atoms with E-state index in [4.69, 9.17) is 23.7 Å². The lowest BCUT2D eigenvalue weighted by Gasteiger charge is -2.16. The van der Waals surface area contributed by atoms with Gasteiger partial charge in [0.15, 0.2) is 11.6 Å². The second-order valence-corrected chi connectivity index (χ2v) is 14.1. The molecule has 0 spiro atoms. The summed E-state index contributed by atoms with van der Waals surface area (Å²) in [4.78, 5) is 21.0. The Morgan fingerprint density at radius 2 is 1.47 bits per heavy atom. The van der Waals surface area contributed by atoms with Crippen LogP contribution >= 0.6 is 0 Å². The molecule has 8 nitrogen and oxygen atoms in total. The van der Waals surface area contributed by atoms with Crippen molar-refractivity contribution in [3.8, 4) is 35.0 Å². The minimum atomic E-state index is -1.35. The zero-order chi connectivity index (χ0) is 24.7. The molecule has 0 N–H and O–H groups in total. The number of rotatable bonds is 10. The molecular weight excluding hydrogens is 459 g/mol. The van der Waals surface area contributed by atoms with E-state index < -0.39 is 19.9 Å². The molecule has 0 amide bonds. The first-order chi connectivity index (χ1) is 16.2. The highest BCUT2D eigenvalue weighted by Gasteiger charge is 2.23. The molecule has 0 aliphatic heterocycles. The third-order valence-electron chi connectivity index (χ3n) is 4.61. The number of benzene rings is 2. The normalized spacial score (nSPS) is 11.0. The minimum Gasteiger partial charge on any atom is -0.478 e. The summed E-state index contributed by atoms with van der Waals surface area (Å²) in [6, 6.07) is 13.2. The highest BCUT2D eigenvalue weighted by Crippen LogP contribution is 2.40. The Kier molecular flexibility index (Phi) is 8.06. The number of para-hydroxylation sites is 2. The smallest absolute Gasteiger partial charge is 0.341 e. The fourth-order valence-corrected chi connectivity index (χ4v) is 3.50. The monoisotopic (exact) mass is 486 g/mol. The minimum absolute atomic E-state index is 0.0264. The number of halogens is 1. The van der Waals surface area contributed by atoms with Crippen molar-refractivity contribution in [1.82, 2.24) is 9.97 Å². The zero-order valence-electron chi connectivity index (χ0n) is 19.8. The Balaban J connectivity index is 1.86. The van der Waals surface area contributed by atoms with Crippen molar-refractivity contribution in [2.75, 3.05) is 20.8 Å². The SMILES string of the molecule is COc1nc(Oc2ccccc2C(=O)OCC[Si](C)(C)C)nc(OC)c1Oc1ccccc1F. The van der Waals surface area contributed by atoms with Gasteiger partial charge in [-0.25, -0.2) is 9.18 Å². The summed E-state index contributed by atoms with van der Waals surface area (Å²) < 4.78 is 41.5. The van der Waals surface area contributed by atoms with Crippen LogP contribution in [0.5, 0.6) is 35.0 Å². The second-order valence-electron chi connectivity index (χ2n) is 8.43. The molecule has 0 aliphatic rings. The molecule has 10 heteroatoms. The summed E-state index contributed by atoms with van der Waals surface area (Å²) >= 11 is 0. The summed E-state index contributed by atoms with van der Waals surface area (Å²) in [6.07, 6.45) is 0. The molecule has 0 aliphatic carbocycles. The number of hydrogen-bond acceptors (Lipinski definition) is 8. The third kappa shape index (κ3) is 6.44. The number of hydrogen-bond donors (Lipinski definition) is 0. The summed E-state index contributed by atoms with van der Waals surface area (Å²) in [5, 5.41) is 0. The average molecular weight is 487 g/mol. The van der Waals surface area contributed by atoms with Gasteiger partial charge in [-0.1, -0.05) is 43.9 Å². The summed E-state index contributed by atoms with van der Waals surface area (Å²) in [5.41, 5.74) is 0.228. The summed E-state index contributed by atoms with van der Waals surface area (Å²) in [7, 11) is 1.38. The Bertz CT molecular complexity index is 1130. The van der Waals surface area contributed by atoms with Crippen LogP contribution < -0.4 is 18.9 Å². The van der Waals surface area contributed by atoms with E-state index in [1.54, 1.807) is 30.3 Å². The molecule has 0 bridgehead atoms. The molecule has 0 saturated carbocycles. The molecule has 34 heavy (non-hydrogen) atoms. The highest BCUT2D eigenvalue weighted by molar-refractivity contribution is 6.76. The average Bonchev–Trinajstić information content (AvgIpc) is 2.80. The number of carbonyl (C=O) groups is 1. The van der Waals surface area contributed by atoms with E-state index in [1.165, 1.54) is 32.4 Å². The molecule has 180 valence electrons. The first-order valence-corrected chi connectivity index (χ1v) is 14.3. The zero-order valence-corrected chi connectivity index (χ0v) is 20.8. The van der Waals surface area contributed by atoms with Crippen molar-refractivity contribution in [3.05, 3.63) is 59.9 Å². The van der Waals surface area contributed by atoms with Crippen molar-refractivity contribution in [1.29, 1.82) is 0 Å². The topological polar surface area (TPSA) is 89.0 Å². The lowest BCUT2D eigenvalue weighted by molar-refractivity contribution is 0.0522. The van der Waals surface area contributed by atoms with Crippen LogP contribution in [0, 0.1) is 5.82 Å². The molecule has 1 heterocycles. The fraction of sp³-hybridized carbons (Fsp3) is 0.292. The first kappa shape index (κ1) is 25.0. The molecule has 0 unspecified atom stereocenters. The lowest BCUT2D eigenvalue weighted by atomic mass is 10.2. The van der Waals surface area contributed by atoms with Gasteiger partial charge in [0.2, 0.25) is 0 Å². The number of carbonyl (C=O) groups excluding carboxylic acids is 1. The maximum Gasteiger partial charge on any atom is 0.341 e. The van der Waals surface area contributed by atoms with E-state index in [1.807, 2.05) is 0 Å². The lowest BCUT2D eigenvalue weighted by Crippen LogP contribution is -2.22. The quantitative estimate of drug-likeness (QED) is 0.266. The van der Waals surface area contributed by atoms with Crippen molar-refractivity contribution >= 4 is 14.0 Å². The van der Waals surface area contributed by atoms with E-state index in [0.29, 0.717) is 6.61 Å². The number of aromatic nitrogens is 2. The predicted molar refractivity (Wildman–Crippen MR) is 127 cm³/mol. The van der Waals surface area contributed by atoms with Gasteiger partial charge in [0.05, 0.1) is 20.8 Å². The predicted octanol–water partition coefficient (Wildman–Crippen LogP) is 5.71. The van der Waals surface area contributed by atoms with Gasteiger partial charge in [-0.05, 0) is 30.3 Å². The van der Waals surface area contributed by atoms with Crippen molar-refractivity contribution in [3.63, 3.8) is 0 Å². The maximum absolute atomic E-state index is 14.1. The Morgan fingerprint density at radius 3 is 2.06 bits per heavy atom. The van der Waals surface area contributed by atoms with Crippen LogP contribution in [0.25, 0.3) is 0 Å². The molecule has 3 aromatic rings. The number of nitrogens with zero attached hydrogens (tertiary/aromatic N) is 2. The van der Waals surface area contributed by atoms with E-state index in [9.17, 15) is 9.18 Å². The van der Waals surface area contributed by atoms with Gasteiger partial charge >= 0.3 is 12.0 Å². The van der Waals surface area contributed by atoms with Crippen molar-refractivity contribution in [2.24, 2.45) is 0 Å². The molecular formula is C24H27FN2O6Si. The van der Waals surface area contributed by atoms with E-state index in [2.05, 4.69) is 29.6 Å². The fourth-order valence-electron chi connectivity index (χ4n) is 2.79. The summed E-state index contributed by atoms with van der Waals surface area (Å²) in [5.74, 6) is -1.04. The molecule has 0 atom stereocenters. The van der Waals surface area contributed by atoms with Crippen LogP contribution in [0.3, 0.4) is 0 Å². The Labute approximate surface area is 198 Å². The van der Waals surface area contributed by atoms with Gasteiger partial charge in [-0.15, -0.1) is 0 Å². The highest BCUT2D eigenvalue weighted by atomic mass is 28.3. The van der Waals surface area contributed by atoms with Crippen molar-refractivity contribution < 1.29 is 32.9 Å². The Morgan fingerprint density at radius 1 is 0.882 bits per heavy atom. The molecule has 0 saturated heterocycles. The summed E-state index contributed by atoms with van der Waals surface area (Å²) in [6.45, 7) is 6.95. The number of ether oxygens (including phenoxy) is 5. The Hall–Kier alpha value is -3.66. The van der Waals surface area contributed by atoms with E-state index in [-0.39, 0.29) is 40.6 Å². The van der Waals surface area contributed by atoms with Gasteiger partial charge in [0, 0.05) is 8.07 Å². The molecule has 2 aromatic carbocycles. The van der Waals surface area contributed by atoms with E-state index in [0.717, 1.165) is 6.04 Å². The van der Waals surface area contributed by atoms with Crippen LogP contribution in [-0.2, 0) is 4.74 Å². The van der Waals surface area contributed by atoms with Crippen LogP contribution in [0.4, 0.5) is 4.39 Å². The van der Waals surface area contributed by atoms with E-state index >= 15 is 0 Å². The van der Waals surface area contributed by atoms with Gasteiger partial charge < -0.3 is 23.7 Å². The largest absolute Gasteiger partial charge is 0.478 e. The van der Waals surface area contributed by atoms with Crippen molar-refractivity contribution in [2.45, 2.75) is 25.7 Å². The molecule has 0 fully saturated rings. The molecule has 0 radical (unpaired) electrons. The molecule has 3 rings (SSSR count). The number of esters is 1. The van der Waals surface area contributed by atoms with Gasteiger partial charge in [-0.3, -0.25) is 0 Å². The number of methoxy groups -OCH3 is 2. The van der Waals surface area contributed by atoms with Crippen LogP contribution in [-0.4, -0.2) is 44.8 Å². The third-order valence-corrected chi connectivity index (χ3v) is 6.32. The van der Waals surface area contributed by atoms with Crippen LogP contribution in [0.15, 0.2) is 48.5 Å². The first-order valence-electron chi connectivity index (χ1n) is 10.6. The standard InChI is InChI=1S/C24H27FN2O6Si/c1-29-21-20(32-19-13-9-7-11-17(19)25)22(30-2)27-24(26-21)33-18-12-8-6-10-16(18)23(28)31-14-15-34(3,4)5/h6-13H,14-15H2,1-5H3.